The number of nitrogens with zero attached hydrogens (tertiary/aromatic N) is 2. The lowest BCUT2D eigenvalue weighted by Crippen LogP contribution is -2.57. The van der Waals surface area contributed by atoms with Crippen LogP contribution in [0.4, 0.5) is 9.59 Å². The maximum Gasteiger partial charge on any atom is 0.419 e. The van der Waals surface area contributed by atoms with Crippen molar-refractivity contribution in [2.24, 2.45) is 5.92 Å². The molecule has 2 rings (SSSR count). The fraction of sp³-hybridized carbons (Fsp3) is 0.906. The van der Waals surface area contributed by atoms with Crippen molar-refractivity contribution in [3.8, 4) is 0 Å². The van der Waals surface area contributed by atoms with Crippen molar-refractivity contribution in [2.45, 2.75) is 143 Å². The lowest BCUT2D eigenvalue weighted by molar-refractivity contribution is -0.160. The molecule has 2 unspecified atom stereocenters. The van der Waals surface area contributed by atoms with E-state index in [1.165, 1.54) is 32.1 Å². The molecule has 0 bridgehead atoms. The lowest BCUT2D eigenvalue weighted by Gasteiger charge is -2.47. The summed E-state index contributed by atoms with van der Waals surface area (Å²) in [5.41, 5.74) is -2.37. The molecule has 10 nitrogen and oxygen atoms in total. The van der Waals surface area contributed by atoms with Gasteiger partial charge in [-0.25, -0.2) is 14.5 Å². The Morgan fingerprint density at radius 1 is 0.837 bits per heavy atom. The number of hydrogen-bond acceptors (Lipinski definition) is 9. The van der Waals surface area contributed by atoms with E-state index in [9.17, 15) is 18.9 Å². The Bertz CT molecular complexity index is 963. The van der Waals surface area contributed by atoms with Gasteiger partial charge >= 0.3 is 18.2 Å². The molecule has 11 heteroatoms. The number of carbonyl (C=O) groups is 3. The zero-order chi connectivity index (χ0) is 32.7. The van der Waals surface area contributed by atoms with E-state index in [0.717, 1.165) is 11.4 Å². The van der Waals surface area contributed by atoms with Crippen LogP contribution in [0.15, 0.2) is 0 Å². The Kier molecular flexibility index (Phi) is 13.2. The average molecular weight is 631 g/mol. The van der Waals surface area contributed by atoms with E-state index in [2.05, 4.69) is 4.90 Å². The average Bonchev–Trinajstić information content (AvgIpc) is 2.83. The number of esters is 1. The third-order valence-corrected chi connectivity index (χ3v) is 11.0. The van der Waals surface area contributed by atoms with Gasteiger partial charge in [0.25, 0.3) is 0 Å². The minimum absolute atomic E-state index is 0.0267. The molecule has 0 aromatic rings. The van der Waals surface area contributed by atoms with Gasteiger partial charge < -0.3 is 23.6 Å². The molecule has 0 radical (unpaired) electrons. The number of rotatable bonds is 10. The highest BCUT2D eigenvalue weighted by Crippen LogP contribution is 2.64. The van der Waals surface area contributed by atoms with Crippen LogP contribution in [-0.4, -0.2) is 88.9 Å². The fourth-order valence-corrected chi connectivity index (χ4v) is 8.84. The summed E-state index contributed by atoms with van der Waals surface area (Å²) in [5.74, 6) is 0.0622. The minimum Gasteiger partial charge on any atom is -0.459 e. The first-order valence-electron chi connectivity index (χ1n) is 16.1. The van der Waals surface area contributed by atoms with Gasteiger partial charge in [0, 0.05) is 32.3 Å². The Hall–Kier alpha value is -1.64. The lowest BCUT2D eigenvalue weighted by atomic mass is 9.88. The van der Waals surface area contributed by atoms with Crippen molar-refractivity contribution >= 4 is 25.5 Å². The molecule has 250 valence electrons. The molecule has 0 N–H and O–H groups in total. The molecular formula is C32H59N2O8P. The van der Waals surface area contributed by atoms with Crippen LogP contribution in [-0.2, 0) is 28.1 Å². The Labute approximate surface area is 260 Å². The summed E-state index contributed by atoms with van der Waals surface area (Å²) >= 11 is 0. The van der Waals surface area contributed by atoms with E-state index >= 15 is 0 Å². The van der Waals surface area contributed by atoms with E-state index < -0.39 is 47.5 Å². The minimum atomic E-state index is -3.46. The predicted molar refractivity (Wildman–Crippen MR) is 169 cm³/mol. The number of unbranched alkanes of at least 4 members (excludes halogenated alkanes) is 1. The van der Waals surface area contributed by atoms with Crippen molar-refractivity contribution in [3.63, 3.8) is 0 Å². The van der Waals surface area contributed by atoms with Gasteiger partial charge in [0.2, 0.25) is 7.37 Å². The van der Waals surface area contributed by atoms with Crippen LogP contribution in [0, 0.1) is 5.92 Å². The summed E-state index contributed by atoms with van der Waals surface area (Å²) in [6.07, 6.45) is 5.77. The maximum absolute atomic E-state index is 14.6. The van der Waals surface area contributed by atoms with E-state index in [1.807, 2.05) is 20.8 Å². The Morgan fingerprint density at radius 3 is 1.86 bits per heavy atom. The normalized spacial score (nSPS) is 24.3. The van der Waals surface area contributed by atoms with Crippen LogP contribution in [0.5, 0.6) is 0 Å². The number of imide groups is 1. The van der Waals surface area contributed by atoms with Gasteiger partial charge in [0.05, 0.1) is 6.61 Å². The first-order valence-corrected chi connectivity index (χ1v) is 17.9. The van der Waals surface area contributed by atoms with Crippen LogP contribution in [0.3, 0.4) is 0 Å². The molecule has 1 saturated heterocycles. The molecule has 2 fully saturated rings. The van der Waals surface area contributed by atoms with Gasteiger partial charge in [-0.05, 0) is 107 Å². The highest BCUT2D eigenvalue weighted by molar-refractivity contribution is 7.62. The number of carbonyl (C=O) groups excluding carboxylic acids is 3. The maximum atomic E-state index is 14.6. The van der Waals surface area contributed by atoms with Crippen molar-refractivity contribution in [1.29, 1.82) is 0 Å². The van der Waals surface area contributed by atoms with Crippen LogP contribution in [0.2, 0.25) is 0 Å². The molecule has 2 amide bonds. The molecule has 0 spiro atoms. The molecule has 0 aromatic heterocycles. The van der Waals surface area contributed by atoms with E-state index in [1.54, 1.807) is 48.5 Å². The Morgan fingerprint density at radius 2 is 1.37 bits per heavy atom. The van der Waals surface area contributed by atoms with Gasteiger partial charge in [0.15, 0.2) is 5.16 Å². The van der Waals surface area contributed by atoms with Crippen LogP contribution < -0.4 is 0 Å². The van der Waals surface area contributed by atoms with Crippen molar-refractivity contribution in [2.75, 3.05) is 38.9 Å². The first kappa shape index (κ1) is 37.5. The Balaban J connectivity index is 2.32. The van der Waals surface area contributed by atoms with Gasteiger partial charge in [-0.15, -0.1) is 0 Å². The quantitative estimate of drug-likeness (QED) is 0.104. The molecule has 2 aliphatic rings. The molecule has 2 atom stereocenters. The summed E-state index contributed by atoms with van der Waals surface area (Å²) in [5, 5.41) is -1.34. The number of amides is 2. The van der Waals surface area contributed by atoms with E-state index in [4.69, 9.17) is 18.7 Å². The monoisotopic (exact) mass is 630 g/mol. The molecule has 1 aliphatic carbocycles. The van der Waals surface area contributed by atoms with Crippen LogP contribution >= 0.6 is 7.37 Å². The zero-order valence-electron chi connectivity index (χ0n) is 28.6. The second-order valence-corrected chi connectivity index (χ2v) is 18.1. The summed E-state index contributed by atoms with van der Waals surface area (Å²) < 4.78 is 37.5. The number of hydrogen-bond donors (Lipinski definition) is 0. The third-order valence-electron chi connectivity index (χ3n) is 7.66. The SMILES string of the molecule is CCOP1(=O)CCN(CC2CCCCC2)CC1(CCCCN(C(=O)OC(C)(C)C)C(=O)OC(C)(C)C)C(=O)OC(C)(C)C. The number of ether oxygens (including phenoxy) is 3. The van der Waals surface area contributed by atoms with Gasteiger partial charge in [-0.3, -0.25) is 9.36 Å². The van der Waals surface area contributed by atoms with Crippen LogP contribution in [0.25, 0.3) is 0 Å². The molecule has 1 saturated carbocycles. The van der Waals surface area contributed by atoms with Crippen molar-refractivity contribution in [1.82, 2.24) is 9.80 Å². The largest absolute Gasteiger partial charge is 0.459 e. The molecule has 1 heterocycles. The second-order valence-electron chi connectivity index (χ2n) is 15.2. The van der Waals surface area contributed by atoms with Gasteiger partial charge in [-0.1, -0.05) is 19.3 Å². The summed E-state index contributed by atoms with van der Waals surface area (Å²) in [6, 6.07) is 0. The standard InChI is InChI=1S/C32H59N2O8P/c1-11-39-43(38)22-21-33(23-25-17-13-12-14-18-25)24-32(43,26(35)40-29(2,3)4)19-15-16-20-34(27(36)41-30(5,6)7)28(37)42-31(8,9)10/h25H,11-24H2,1-10H3. The van der Waals surface area contributed by atoms with Gasteiger partial charge in [0.1, 0.15) is 16.8 Å². The molecule has 0 aromatic carbocycles. The fourth-order valence-electron chi connectivity index (χ4n) is 5.84. The van der Waals surface area contributed by atoms with E-state index in [0.29, 0.717) is 31.8 Å². The summed E-state index contributed by atoms with van der Waals surface area (Å²) in [7, 11) is -3.46. The predicted octanol–water partition coefficient (Wildman–Crippen LogP) is 7.62. The van der Waals surface area contributed by atoms with Crippen LogP contribution in [0.1, 0.15) is 121 Å². The molecule has 1 aliphatic heterocycles. The van der Waals surface area contributed by atoms with Gasteiger partial charge in [-0.2, -0.15) is 0 Å². The third kappa shape index (κ3) is 11.7. The highest BCUT2D eigenvalue weighted by Gasteiger charge is 2.59. The van der Waals surface area contributed by atoms with Crippen molar-refractivity contribution < 1.29 is 37.7 Å². The second kappa shape index (κ2) is 15.1. The highest BCUT2D eigenvalue weighted by atomic mass is 31.2. The topological polar surface area (TPSA) is 112 Å². The van der Waals surface area contributed by atoms with Crippen molar-refractivity contribution in [3.05, 3.63) is 0 Å². The smallest absolute Gasteiger partial charge is 0.419 e. The first-order chi connectivity index (χ1) is 19.7. The molecular weight excluding hydrogens is 571 g/mol. The summed E-state index contributed by atoms with van der Waals surface area (Å²) in [4.78, 5) is 43.3. The summed E-state index contributed by atoms with van der Waals surface area (Å²) in [6.45, 7) is 19.7. The molecule has 43 heavy (non-hydrogen) atoms. The van der Waals surface area contributed by atoms with E-state index in [-0.39, 0.29) is 25.7 Å². The zero-order valence-corrected chi connectivity index (χ0v) is 29.5.